The molecule has 28 heavy (non-hydrogen) atoms. The molecule has 0 saturated heterocycles. The van der Waals surface area contributed by atoms with E-state index >= 15 is 0 Å². The van der Waals surface area contributed by atoms with Crippen LogP contribution in [0.15, 0.2) is 47.4 Å². The van der Waals surface area contributed by atoms with E-state index in [0.717, 1.165) is 12.8 Å². The number of aliphatic hydroxyl groups excluding tert-OH is 1. The van der Waals surface area contributed by atoms with Gasteiger partial charge < -0.3 is 10.4 Å². The summed E-state index contributed by atoms with van der Waals surface area (Å²) in [4.78, 5) is 12.6. The van der Waals surface area contributed by atoms with Gasteiger partial charge in [0.05, 0.1) is 16.8 Å². The molecule has 0 spiro atoms. The number of carbonyl (C=O) groups is 1. The zero-order valence-corrected chi connectivity index (χ0v) is 16.5. The molecule has 7 heteroatoms. The maximum absolute atomic E-state index is 13.4. The van der Waals surface area contributed by atoms with Gasteiger partial charge in [-0.3, -0.25) is 4.79 Å². The first kappa shape index (κ1) is 20.5. The smallest absolute Gasteiger partial charge is 0.255 e. The first-order valence-corrected chi connectivity index (χ1v) is 11.0. The third kappa shape index (κ3) is 4.77. The Balaban J connectivity index is 1.76. The van der Waals surface area contributed by atoms with Crippen LogP contribution < -0.4 is 5.32 Å². The fourth-order valence-electron chi connectivity index (χ4n) is 3.52. The van der Waals surface area contributed by atoms with E-state index in [1.165, 1.54) is 42.5 Å². The maximum atomic E-state index is 13.4. The monoisotopic (exact) mass is 405 g/mol. The molecule has 2 atom stereocenters. The summed E-state index contributed by atoms with van der Waals surface area (Å²) >= 11 is 0. The lowest BCUT2D eigenvalue weighted by Gasteiger charge is -2.27. The molecule has 0 aromatic heterocycles. The number of aryl methyl sites for hydroxylation is 1. The zero-order chi connectivity index (χ0) is 20.3. The molecule has 1 amide bonds. The summed E-state index contributed by atoms with van der Waals surface area (Å²) in [6.45, 7) is 1.60. The predicted octanol–water partition coefficient (Wildman–Crippen LogP) is 3.71. The van der Waals surface area contributed by atoms with Crippen molar-refractivity contribution in [2.75, 3.05) is 11.1 Å². The Kier molecular flexibility index (Phi) is 6.15. The number of halogens is 1. The van der Waals surface area contributed by atoms with Crippen LogP contribution >= 0.6 is 0 Å². The van der Waals surface area contributed by atoms with E-state index in [-0.39, 0.29) is 27.9 Å². The Morgan fingerprint density at radius 1 is 1.18 bits per heavy atom. The summed E-state index contributed by atoms with van der Waals surface area (Å²) in [6.07, 6.45) is 2.54. The molecule has 0 heterocycles. The van der Waals surface area contributed by atoms with Crippen LogP contribution in [0.2, 0.25) is 0 Å². The number of nitrogens with one attached hydrogen (secondary N) is 1. The van der Waals surface area contributed by atoms with Gasteiger partial charge in [0.1, 0.15) is 5.82 Å². The number of hydrogen-bond acceptors (Lipinski definition) is 4. The first-order valence-electron chi connectivity index (χ1n) is 9.34. The minimum Gasteiger partial charge on any atom is -0.393 e. The number of anilines is 1. The molecular weight excluding hydrogens is 381 g/mol. The Labute approximate surface area is 164 Å². The van der Waals surface area contributed by atoms with E-state index in [1.54, 1.807) is 6.92 Å². The van der Waals surface area contributed by atoms with Crippen LogP contribution in [-0.2, 0) is 9.84 Å². The van der Waals surface area contributed by atoms with Gasteiger partial charge in [0.25, 0.3) is 5.91 Å². The van der Waals surface area contributed by atoms with E-state index in [1.807, 2.05) is 0 Å². The molecular formula is C21H24FNO4S. The van der Waals surface area contributed by atoms with E-state index < -0.39 is 21.8 Å². The number of aliphatic hydroxyl groups is 1. The summed E-state index contributed by atoms with van der Waals surface area (Å²) in [5, 5.41) is 12.7. The van der Waals surface area contributed by atoms with Gasteiger partial charge in [-0.2, -0.15) is 0 Å². The topological polar surface area (TPSA) is 83.5 Å². The molecule has 2 aromatic carbocycles. The van der Waals surface area contributed by atoms with Crippen LogP contribution in [0.4, 0.5) is 10.1 Å². The summed E-state index contributed by atoms with van der Waals surface area (Å²) in [6, 6.07) is 10.1. The molecule has 1 saturated carbocycles. The summed E-state index contributed by atoms with van der Waals surface area (Å²) in [5.74, 6) is -1.24. The third-order valence-electron chi connectivity index (χ3n) is 5.17. The van der Waals surface area contributed by atoms with Crippen molar-refractivity contribution < 1.29 is 22.7 Å². The van der Waals surface area contributed by atoms with Crippen LogP contribution in [0.25, 0.3) is 0 Å². The molecule has 0 radical (unpaired) electrons. The highest BCUT2D eigenvalue weighted by molar-refractivity contribution is 7.91. The Bertz CT molecular complexity index is 974. The second-order valence-electron chi connectivity index (χ2n) is 7.34. The summed E-state index contributed by atoms with van der Waals surface area (Å²) in [5.41, 5.74) is 1.04. The highest BCUT2D eigenvalue weighted by atomic mass is 32.2. The lowest BCUT2D eigenvalue weighted by molar-refractivity contribution is 0.0807. The predicted molar refractivity (Wildman–Crippen MR) is 106 cm³/mol. The van der Waals surface area contributed by atoms with Gasteiger partial charge in [0.2, 0.25) is 0 Å². The highest BCUT2D eigenvalue weighted by Gasteiger charge is 2.29. The lowest BCUT2D eigenvalue weighted by atomic mass is 9.88. The number of amides is 1. The van der Waals surface area contributed by atoms with Crippen molar-refractivity contribution in [3.05, 3.63) is 59.4 Å². The van der Waals surface area contributed by atoms with Gasteiger partial charge in [-0.1, -0.05) is 18.9 Å². The van der Waals surface area contributed by atoms with E-state index in [2.05, 4.69) is 5.32 Å². The Hall–Kier alpha value is -2.25. The molecule has 1 aliphatic rings. The molecule has 0 aliphatic heterocycles. The Morgan fingerprint density at radius 3 is 2.64 bits per heavy atom. The first-order chi connectivity index (χ1) is 13.3. The highest BCUT2D eigenvalue weighted by Crippen LogP contribution is 2.28. The standard InChI is InChI=1S/C21H24FNO4S/c1-14-11-17(9-10-19(14)22)23-21(25)15-6-4-7-18(12-15)28(26,27)13-16-5-2-3-8-20(16)24/h4,6-7,9-12,16,20,24H,2-3,5,8,13H2,1H3,(H,23,25)/t16-,20-/m0/s1. The van der Waals surface area contributed by atoms with Gasteiger partial charge >= 0.3 is 0 Å². The van der Waals surface area contributed by atoms with E-state index in [9.17, 15) is 22.7 Å². The second-order valence-corrected chi connectivity index (χ2v) is 9.37. The number of sulfone groups is 1. The van der Waals surface area contributed by atoms with Gasteiger partial charge in [0, 0.05) is 11.3 Å². The van der Waals surface area contributed by atoms with Crippen LogP contribution in [-0.4, -0.2) is 31.3 Å². The van der Waals surface area contributed by atoms with Gasteiger partial charge in [-0.25, -0.2) is 12.8 Å². The molecule has 2 aromatic rings. The van der Waals surface area contributed by atoms with Crippen LogP contribution in [0.3, 0.4) is 0 Å². The van der Waals surface area contributed by atoms with Gasteiger partial charge in [0.15, 0.2) is 9.84 Å². The van der Waals surface area contributed by atoms with Crippen LogP contribution in [0.1, 0.15) is 41.6 Å². The second kappa shape index (κ2) is 8.41. The molecule has 3 rings (SSSR count). The van der Waals surface area contributed by atoms with Crippen molar-refractivity contribution in [1.82, 2.24) is 0 Å². The van der Waals surface area contributed by atoms with Crippen molar-refractivity contribution in [2.45, 2.75) is 43.6 Å². The molecule has 150 valence electrons. The number of carbonyl (C=O) groups excluding carboxylic acids is 1. The fourth-order valence-corrected chi connectivity index (χ4v) is 5.25. The van der Waals surface area contributed by atoms with Gasteiger partial charge in [-0.15, -0.1) is 0 Å². The SMILES string of the molecule is Cc1cc(NC(=O)c2cccc(S(=O)(=O)C[C@@H]3CCCC[C@@H]3O)c2)ccc1F. The van der Waals surface area contributed by atoms with Crippen molar-refractivity contribution in [2.24, 2.45) is 5.92 Å². The third-order valence-corrected chi connectivity index (χ3v) is 7.01. The number of hydrogen-bond donors (Lipinski definition) is 2. The summed E-state index contributed by atoms with van der Waals surface area (Å²) in [7, 11) is -3.62. The molecule has 1 aliphatic carbocycles. The molecule has 0 unspecified atom stereocenters. The Morgan fingerprint density at radius 2 is 1.93 bits per heavy atom. The van der Waals surface area contributed by atoms with Crippen LogP contribution in [0.5, 0.6) is 0 Å². The van der Waals surface area contributed by atoms with Gasteiger partial charge in [-0.05, 0) is 67.6 Å². The average molecular weight is 405 g/mol. The van der Waals surface area contributed by atoms with Crippen molar-refractivity contribution in [3.8, 4) is 0 Å². The normalized spacial score (nSPS) is 20.0. The van der Waals surface area contributed by atoms with Crippen LogP contribution in [0, 0.1) is 18.7 Å². The average Bonchev–Trinajstić information content (AvgIpc) is 2.66. The zero-order valence-electron chi connectivity index (χ0n) is 15.7. The maximum Gasteiger partial charge on any atom is 0.255 e. The van der Waals surface area contributed by atoms with Crippen molar-refractivity contribution >= 4 is 21.4 Å². The summed E-state index contributed by atoms with van der Waals surface area (Å²) < 4.78 is 38.9. The minimum absolute atomic E-state index is 0.0632. The minimum atomic E-state index is -3.62. The van der Waals surface area contributed by atoms with E-state index in [0.29, 0.717) is 24.1 Å². The molecule has 0 bridgehead atoms. The number of rotatable bonds is 5. The lowest BCUT2D eigenvalue weighted by Crippen LogP contribution is -2.30. The van der Waals surface area contributed by atoms with Crippen molar-refractivity contribution in [1.29, 1.82) is 0 Å². The van der Waals surface area contributed by atoms with Crippen molar-refractivity contribution in [3.63, 3.8) is 0 Å². The quantitative estimate of drug-likeness (QED) is 0.794. The largest absolute Gasteiger partial charge is 0.393 e. The molecule has 2 N–H and O–H groups in total. The molecule has 5 nitrogen and oxygen atoms in total. The fraction of sp³-hybridized carbons (Fsp3) is 0.381. The number of benzene rings is 2. The molecule has 1 fully saturated rings. The van der Waals surface area contributed by atoms with E-state index in [4.69, 9.17) is 0 Å².